The number of carbonyl (C=O) groups is 1. The second kappa shape index (κ2) is 4.66. The Labute approximate surface area is 95.5 Å². The van der Waals surface area contributed by atoms with Crippen molar-refractivity contribution in [1.82, 2.24) is 5.32 Å². The molecule has 86 valence electrons. The molecule has 1 aliphatic rings. The molecule has 0 heterocycles. The molecule has 0 aromatic heterocycles. The van der Waals surface area contributed by atoms with Gasteiger partial charge in [-0.25, -0.2) is 0 Å². The van der Waals surface area contributed by atoms with Crippen LogP contribution in [-0.4, -0.2) is 18.1 Å². The molecule has 1 unspecified atom stereocenters. The van der Waals surface area contributed by atoms with E-state index in [4.69, 9.17) is 5.11 Å². The molecule has 0 saturated heterocycles. The molecular formula is C13H17NO2. The fraction of sp³-hybridized carbons (Fsp3) is 0.462. The zero-order valence-corrected chi connectivity index (χ0v) is 9.44. The van der Waals surface area contributed by atoms with E-state index in [-0.39, 0.29) is 12.5 Å². The highest BCUT2D eigenvalue weighted by atomic mass is 16.4. The van der Waals surface area contributed by atoms with Gasteiger partial charge in [0.15, 0.2) is 0 Å². The Morgan fingerprint density at radius 1 is 1.50 bits per heavy atom. The molecule has 0 bridgehead atoms. The molecular weight excluding hydrogens is 202 g/mol. The molecule has 1 saturated carbocycles. The summed E-state index contributed by atoms with van der Waals surface area (Å²) in [6.45, 7) is 0. The van der Waals surface area contributed by atoms with Gasteiger partial charge in [-0.15, -0.1) is 0 Å². The Bertz CT molecular complexity index is 385. The van der Waals surface area contributed by atoms with E-state index in [2.05, 4.69) is 11.4 Å². The third-order valence-electron chi connectivity index (χ3n) is 3.12. The van der Waals surface area contributed by atoms with E-state index in [1.54, 1.807) is 0 Å². The van der Waals surface area contributed by atoms with Crippen LogP contribution in [0.5, 0.6) is 0 Å². The molecule has 16 heavy (non-hydrogen) atoms. The fourth-order valence-electron chi connectivity index (χ4n) is 2.14. The molecule has 1 aromatic rings. The minimum absolute atomic E-state index is 0.0747. The van der Waals surface area contributed by atoms with Crippen LogP contribution in [0.1, 0.15) is 42.3 Å². The lowest BCUT2D eigenvalue weighted by molar-refractivity contribution is -0.137. The van der Waals surface area contributed by atoms with Crippen LogP contribution in [0.3, 0.4) is 0 Å². The van der Waals surface area contributed by atoms with Gasteiger partial charge in [-0.1, -0.05) is 24.3 Å². The molecule has 1 aliphatic carbocycles. The van der Waals surface area contributed by atoms with E-state index in [9.17, 15) is 4.79 Å². The van der Waals surface area contributed by atoms with Crippen LogP contribution in [0.2, 0.25) is 0 Å². The zero-order valence-electron chi connectivity index (χ0n) is 9.44. The van der Waals surface area contributed by atoms with E-state index in [0.29, 0.717) is 5.92 Å². The van der Waals surface area contributed by atoms with Gasteiger partial charge in [0.05, 0.1) is 6.42 Å². The maximum atomic E-state index is 10.8. The summed E-state index contributed by atoms with van der Waals surface area (Å²) >= 11 is 0. The first-order chi connectivity index (χ1) is 7.72. The van der Waals surface area contributed by atoms with Crippen LogP contribution < -0.4 is 5.32 Å². The van der Waals surface area contributed by atoms with Crippen LogP contribution in [0, 0.1) is 0 Å². The Morgan fingerprint density at radius 3 is 2.75 bits per heavy atom. The number of hydrogen-bond acceptors (Lipinski definition) is 2. The minimum Gasteiger partial charge on any atom is -0.481 e. The van der Waals surface area contributed by atoms with E-state index >= 15 is 0 Å². The van der Waals surface area contributed by atoms with Crippen molar-refractivity contribution in [2.75, 3.05) is 7.05 Å². The average Bonchev–Trinajstić information content (AvgIpc) is 3.09. The van der Waals surface area contributed by atoms with Gasteiger partial charge in [0.25, 0.3) is 0 Å². The SMILES string of the molecule is CNC(CC(=O)O)c1ccccc1C1CC1. The summed E-state index contributed by atoms with van der Waals surface area (Å²) in [6.07, 6.45) is 2.61. The lowest BCUT2D eigenvalue weighted by Gasteiger charge is -2.18. The number of benzene rings is 1. The summed E-state index contributed by atoms with van der Waals surface area (Å²) in [5.41, 5.74) is 2.47. The largest absolute Gasteiger partial charge is 0.481 e. The van der Waals surface area contributed by atoms with E-state index < -0.39 is 5.97 Å². The first-order valence-corrected chi connectivity index (χ1v) is 5.70. The first kappa shape index (κ1) is 11.1. The van der Waals surface area contributed by atoms with E-state index in [0.717, 1.165) is 5.56 Å². The Kier molecular flexibility index (Phi) is 3.25. The predicted molar refractivity (Wildman–Crippen MR) is 62.5 cm³/mol. The summed E-state index contributed by atoms with van der Waals surface area (Å²) in [7, 11) is 1.82. The fourth-order valence-corrected chi connectivity index (χ4v) is 2.14. The predicted octanol–water partition coefficient (Wildman–Crippen LogP) is 2.30. The Hall–Kier alpha value is -1.35. The van der Waals surface area contributed by atoms with Gasteiger partial charge >= 0.3 is 5.97 Å². The van der Waals surface area contributed by atoms with Crippen molar-refractivity contribution in [1.29, 1.82) is 0 Å². The summed E-state index contributed by atoms with van der Waals surface area (Å²) in [6, 6.07) is 8.10. The van der Waals surface area contributed by atoms with E-state index in [1.807, 2.05) is 25.2 Å². The summed E-state index contributed by atoms with van der Waals surface area (Å²) < 4.78 is 0. The lowest BCUT2D eigenvalue weighted by Crippen LogP contribution is -2.21. The number of aliphatic carboxylic acids is 1. The van der Waals surface area contributed by atoms with Crippen molar-refractivity contribution in [3.8, 4) is 0 Å². The van der Waals surface area contributed by atoms with Crippen LogP contribution in [0.15, 0.2) is 24.3 Å². The second-order valence-corrected chi connectivity index (χ2v) is 4.34. The Morgan fingerprint density at radius 2 is 2.19 bits per heavy atom. The van der Waals surface area contributed by atoms with Gasteiger partial charge in [0.1, 0.15) is 0 Å². The van der Waals surface area contributed by atoms with Gasteiger partial charge < -0.3 is 10.4 Å². The van der Waals surface area contributed by atoms with Crippen LogP contribution in [-0.2, 0) is 4.79 Å². The van der Waals surface area contributed by atoms with Crippen LogP contribution in [0.4, 0.5) is 0 Å². The molecule has 3 heteroatoms. The van der Waals surface area contributed by atoms with E-state index in [1.165, 1.54) is 18.4 Å². The van der Waals surface area contributed by atoms with Crippen molar-refractivity contribution >= 4 is 5.97 Å². The van der Waals surface area contributed by atoms with Crippen molar-refractivity contribution in [3.05, 3.63) is 35.4 Å². The first-order valence-electron chi connectivity index (χ1n) is 5.70. The number of nitrogens with one attached hydrogen (secondary N) is 1. The second-order valence-electron chi connectivity index (χ2n) is 4.34. The highest BCUT2D eigenvalue weighted by Crippen LogP contribution is 2.43. The quantitative estimate of drug-likeness (QED) is 0.799. The highest BCUT2D eigenvalue weighted by molar-refractivity contribution is 5.68. The Balaban J connectivity index is 2.25. The van der Waals surface area contributed by atoms with Crippen LogP contribution >= 0.6 is 0 Å². The lowest BCUT2D eigenvalue weighted by atomic mass is 9.95. The average molecular weight is 219 g/mol. The molecule has 0 aliphatic heterocycles. The maximum Gasteiger partial charge on any atom is 0.305 e. The van der Waals surface area contributed by atoms with Gasteiger partial charge in [-0.05, 0) is 36.9 Å². The van der Waals surface area contributed by atoms with Crippen molar-refractivity contribution in [2.24, 2.45) is 0 Å². The van der Waals surface area contributed by atoms with Crippen LogP contribution in [0.25, 0.3) is 0 Å². The summed E-state index contributed by atoms with van der Waals surface area (Å²) in [5.74, 6) is -0.106. The maximum absolute atomic E-state index is 10.8. The molecule has 2 rings (SSSR count). The number of rotatable bonds is 5. The third-order valence-corrected chi connectivity index (χ3v) is 3.12. The number of hydrogen-bond donors (Lipinski definition) is 2. The number of carboxylic acids is 1. The van der Waals surface area contributed by atoms with Gasteiger partial charge in [-0.3, -0.25) is 4.79 Å². The normalized spacial score (nSPS) is 17.1. The van der Waals surface area contributed by atoms with Crippen molar-refractivity contribution in [2.45, 2.75) is 31.2 Å². The molecule has 1 fully saturated rings. The molecule has 0 spiro atoms. The highest BCUT2D eigenvalue weighted by Gasteiger charge is 2.28. The molecule has 0 amide bonds. The van der Waals surface area contributed by atoms with Crippen molar-refractivity contribution < 1.29 is 9.90 Å². The molecule has 3 nitrogen and oxygen atoms in total. The van der Waals surface area contributed by atoms with Gasteiger partial charge in [0.2, 0.25) is 0 Å². The molecule has 1 aromatic carbocycles. The zero-order chi connectivity index (χ0) is 11.5. The van der Waals surface area contributed by atoms with Gasteiger partial charge in [0, 0.05) is 6.04 Å². The van der Waals surface area contributed by atoms with Crippen molar-refractivity contribution in [3.63, 3.8) is 0 Å². The standard InChI is InChI=1S/C13H17NO2/c1-14-12(8-13(15)16)11-5-3-2-4-10(11)9-6-7-9/h2-5,9,12,14H,6-8H2,1H3,(H,15,16). The minimum atomic E-state index is -0.759. The monoisotopic (exact) mass is 219 g/mol. The smallest absolute Gasteiger partial charge is 0.305 e. The molecule has 2 N–H and O–H groups in total. The number of carboxylic acid groups (broad SMARTS) is 1. The molecule has 0 radical (unpaired) electrons. The third kappa shape index (κ3) is 2.42. The molecule has 1 atom stereocenters. The topological polar surface area (TPSA) is 49.3 Å². The van der Waals surface area contributed by atoms with Gasteiger partial charge in [-0.2, -0.15) is 0 Å². The summed E-state index contributed by atoms with van der Waals surface area (Å²) in [5, 5.41) is 12.0. The summed E-state index contributed by atoms with van der Waals surface area (Å²) in [4.78, 5) is 10.8.